The van der Waals surface area contributed by atoms with Crippen LogP contribution >= 0.6 is 0 Å². The Bertz CT molecular complexity index is 375. The molecule has 1 aromatic carbocycles. The van der Waals surface area contributed by atoms with E-state index in [0.29, 0.717) is 23.7 Å². The van der Waals surface area contributed by atoms with E-state index in [1.165, 1.54) is 7.11 Å². The van der Waals surface area contributed by atoms with Gasteiger partial charge in [0.25, 0.3) is 0 Å². The zero-order chi connectivity index (χ0) is 12.7. The summed E-state index contributed by atoms with van der Waals surface area (Å²) in [6, 6.07) is 4.91. The van der Waals surface area contributed by atoms with Crippen molar-refractivity contribution in [3.63, 3.8) is 0 Å². The Morgan fingerprint density at radius 3 is 2.47 bits per heavy atom. The summed E-state index contributed by atoms with van der Waals surface area (Å²) in [5.74, 6) is 0.601. The molecule has 17 heavy (non-hydrogen) atoms. The summed E-state index contributed by atoms with van der Waals surface area (Å²) in [4.78, 5) is 11.7. The minimum Gasteiger partial charge on any atom is -0.497 e. The highest BCUT2D eigenvalue weighted by atomic mass is 16.6. The second-order valence-electron chi connectivity index (χ2n) is 3.19. The molecule has 0 saturated heterocycles. The van der Waals surface area contributed by atoms with Gasteiger partial charge >= 0.3 is 5.97 Å². The standard InChI is InChI=1S/C12H16O5/c1-14-6-7-17-12(13)10-5-4-9(15-2)8-11(10)16-3/h4-5,8H,6-7H2,1-3H3. The molecule has 1 rings (SSSR count). The van der Waals surface area contributed by atoms with Crippen LogP contribution in [0.25, 0.3) is 0 Å². The van der Waals surface area contributed by atoms with Gasteiger partial charge in [0.2, 0.25) is 0 Å². The third kappa shape index (κ3) is 3.64. The smallest absolute Gasteiger partial charge is 0.342 e. The molecule has 94 valence electrons. The molecule has 0 radical (unpaired) electrons. The molecule has 5 nitrogen and oxygen atoms in total. The zero-order valence-electron chi connectivity index (χ0n) is 10.2. The van der Waals surface area contributed by atoms with Crippen molar-refractivity contribution in [2.24, 2.45) is 0 Å². The average molecular weight is 240 g/mol. The van der Waals surface area contributed by atoms with Gasteiger partial charge in [0.05, 0.1) is 20.8 Å². The van der Waals surface area contributed by atoms with E-state index < -0.39 is 5.97 Å². The number of rotatable bonds is 6. The summed E-state index contributed by atoms with van der Waals surface area (Å²) < 4.78 is 19.9. The number of esters is 1. The maximum atomic E-state index is 11.7. The van der Waals surface area contributed by atoms with Gasteiger partial charge in [0, 0.05) is 13.2 Å². The van der Waals surface area contributed by atoms with Crippen molar-refractivity contribution < 1.29 is 23.7 Å². The Labute approximate surface area is 100 Å². The van der Waals surface area contributed by atoms with E-state index in [2.05, 4.69) is 0 Å². The van der Waals surface area contributed by atoms with E-state index >= 15 is 0 Å². The molecule has 0 fully saturated rings. The Morgan fingerprint density at radius 2 is 1.88 bits per heavy atom. The second kappa shape index (κ2) is 6.75. The average Bonchev–Trinajstić information content (AvgIpc) is 2.38. The molecular weight excluding hydrogens is 224 g/mol. The fraction of sp³-hybridized carbons (Fsp3) is 0.417. The van der Waals surface area contributed by atoms with Crippen LogP contribution in [0, 0.1) is 0 Å². The second-order valence-corrected chi connectivity index (χ2v) is 3.19. The number of methoxy groups -OCH3 is 3. The highest BCUT2D eigenvalue weighted by Crippen LogP contribution is 2.25. The number of hydrogen-bond acceptors (Lipinski definition) is 5. The molecule has 0 atom stereocenters. The maximum absolute atomic E-state index is 11.7. The van der Waals surface area contributed by atoms with E-state index in [1.54, 1.807) is 32.4 Å². The lowest BCUT2D eigenvalue weighted by molar-refractivity contribution is 0.0385. The minimum atomic E-state index is -0.443. The quantitative estimate of drug-likeness (QED) is 0.557. The number of hydrogen-bond donors (Lipinski definition) is 0. The van der Waals surface area contributed by atoms with Crippen LogP contribution in [0.5, 0.6) is 11.5 Å². The van der Waals surface area contributed by atoms with Crippen molar-refractivity contribution in [3.05, 3.63) is 23.8 Å². The fourth-order valence-corrected chi connectivity index (χ4v) is 1.26. The SMILES string of the molecule is COCCOC(=O)c1ccc(OC)cc1OC. The summed E-state index contributed by atoms with van der Waals surface area (Å²) >= 11 is 0. The van der Waals surface area contributed by atoms with Crippen molar-refractivity contribution in [1.82, 2.24) is 0 Å². The van der Waals surface area contributed by atoms with Crippen LogP contribution < -0.4 is 9.47 Å². The van der Waals surface area contributed by atoms with Gasteiger partial charge in [-0.2, -0.15) is 0 Å². The molecule has 1 aromatic rings. The van der Waals surface area contributed by atoms with Crippen LogP contribution in [0.4, 0.5) is 0 Å². The van der Waals surface area contributed by atoms with Gasteiger partial charge in [0.1, 0.15) is 23.7 Å². The summed E-state index contributed by atoms with van der Waals surface area (Å²) in [7, 11) is 4.58. The Morgan fingerprint density at radius 1 is 1.12 bits per heavy atom. The van der Waals surface area contributed by atoms with Crippen LogP contribution in [-0.4, -0.2) is 40.5 Å². The first kappa shape index (κ1) is 13.3. The van der Waals surface area contributed by atoms with Crippen LogP contribution in [0.1, 0.15) is 10.4 Å². The molecule has 5 heteroatoms. The van der Waals surface area contributed by atoms with Crippen LogP contribution in [0.15, 0.2) is 18.2 Å². The Kier molecular flexibility index (Phi) is 5.29. The Hall–Kier alpha value is -1.75. The van der Waals surface area contributed by atoms with Crippen LogP contribution in [0.3, 0.4) is 0 Å². The fourth-order valence-electron chi connectivity index (χ4n) is 1.26. The van der Waals surface area contributed by atoms with Gasteiger partial charge < -0.3 is 18.9 Å². The van der Waals surface area contributed by atoms with Gasteiger partial charge in [-0.15, -0.1) is 0 Å². The molecule has 0 spiro atoms. The molecule has 0 heterocycles. The molecule has 0 aliphatic rings. The first-order valence-electron chi connectivity index (χ1n) is 5.11. The van der Waals surface area contributed by atoms with Crippen molar-refractivity contribution in [2.45, 2.75) is 0 Å². The first-order valence-corrected chi connectivity index (χ1v) is 5.11. The maximum Gasteiger partial charge on any atom is 0.342 e. The van der Waals surface area contributed by atoms with E-state index in [1.807, 2.05) is 0 Å². The predicted octanol–water partition coefficient (Wildman–Crippen LogP) is 1.51. The molecule has 0 amide bonds. The molecule has 0 aliphatic carbocycles. The van der Waals surface area contributed by atoms with E-state index in [9.17, 15) is 4.79 Å². The zero-order valence-corrected chi connectivity index (χ0v) is 10.2. The van der Waals surface area contributed by atoms with Gasteiger partial charge in [-0.05, 0) is 12.1 Å². The van der Waals surface area contributed by atoms with E-state index in [4.69, 9.17) is 18.9 Å². The van der Waals surface area contributed by atoms with E-state index in [-0.39, 0.29) is 6.61 Å². The van der Waals surface area contributed by atoms with Crippen LogP contribution in [0.2, 0.25) is 0 Å². The molecule has 0 aromatic heterocycles. The van der Waals surface area contributed by atoms with Crippen molar-refractivity contribution in [3.8, 4) is 11.5 Å². The summed E-state index contributed by atoms with van der Waals surface area (Å²) in [6.45, 7) is 0.578. The molecule has 0 aliphatic heterocycles. The van der Waals surface area contributed by atoms with Crippen molar-refractivity contribution >= 4 is 5.97 Å². The molecule has 0 saturated carbocycles. The summed E-state index contributed by atoms with van der Waals surface area (Å²) in [6.07, 6.45) is 0. The summed E-state index contributed by atoms with van der Waals surface area (Å²) in [5.41, 5.74) is 0.365. The van der Waals surface area contributed by atoms with Gasteiger partial charge in [-0.3, -0.25) is 0 Å². The lowest BCUT2D eigenvalue weighted by atomic mass is 10.2. The third-order valence-corrected chi connectivity index (χ3v) is 2.15. The lowest BCUT2D eigenvalue weighted by Gasteiger charge is -2.09. The minimum absolute atomic E-state index is 0.213. The van der Waals surface area contributed by atoms with Crippen molar-refractivity contribution in [1.29, 1.82) is 0 Å². The summed E-state index contributed by atoms with van der Waals surface area (Å²) in [5, 5.41) is 0. The molecule has 0 N–H and O–H groups in total. The van der Waals surface area contributed by atoms with Crippen molar-refractivity contribution in [2.75, 3.05) is 34.5 Å². The number of ether oxygens (including phenoxy) is 4. The van der Waals surface area contributed by atoms with Crippen LogP contribution in [-0.2, 0) is 9.47 Å². The predicted molar refractivity (Wildman–Crippen MR) is 61.7 cm³/mol. The number of carbonyl (C=O) groups excluding carboxylic acids is 1. The normalized spacial score (nSPS) is 9.82. The largest absolute Gasteiger partial charge is 0.497 e. The monoisotopic (exact) mass is 240 g/mol. The van der Waals surface area contributed by atoms with E-state index in [0.717, 1.165) is 0 Å². The highest BCUT2D eigenvalue weighted by Gasteiger charge is 2.14. The van der Waals surface area contributed by atoms with Gasteiger partial charge in [-0.1, -0.05) is 0 Å². The van der Waals surface area contributed by atoms with Gasteiger partial charge in [0.15, 0.2) is 0 Å². The number of benzene rings is 1. The first-order chi connectivity index (χ1) is 8.22. The Balaban J connectivity index is 2.78. The van der Waals surface area contributed by atoms with Gasteiger partial charge in [-0.25, -0.2) is 4.79 Å². The third-order valence-electron chi connectivity index (χ3n) is 2.15. The molecule has 0 unspecified atom stereocenters. The topological polar surface area (TPSA) is 54.0 Å². The lowest BCUT2D eigenvalue weighted by Crippen LogP contribution is -2.11. The molecule has 0 bridgehead atoms. The number of carbonyl (C=O) groups is 1. The molecular formula is C12H16O5. The highest BCUT2D eigenvalue weighted by molar-refractivity contribution is 5.92.